The van der Waals surface area contributed by atoms with Crippen LogP contribution in [0.3, 0.4) is 0 Å². The summed E-state index contributed by atoms with van der Waals surface area (Å²) in [5, 5.41) is 9.58. The minimum absolute atomic E-state index is 0.0993. The molecule has 1 aromatic rings. The first-order chi connectivity index (χ1) is 14.8. The Hall–Kier alpha value is -2.19. The van der Waals surface area contributed by atoms with E-state index in [2.05, 4.69) is 16.8 Å². The molecule has 3 rings (SSSR count). The van der Waals surface area contributed by atoms with Gasteiger partial charge in [0.1, 0.15) is 21.8 Å². The molecule has 0 aliphatic carbocycles. The van der Waals surface area contributed by atoms with Crippen molar-refractivity contribution in [3.63, 3.8) is 0 Å². The largest absolute Gasteiger partial charge is 0.385 e. The molecule has 0 N–H and O–H groups in total. The lowest BCUT2D eigenvalue weighted by Gasteiger charge is -2.36. The molecule has 2 saturated heterocycles. The molecule has 0 spiro atoms. The highest BCUT2D eigenvalue weighted by Crippen LogP contribution is 2.35. The van der Waals surface area contributed by atoms with Crippen molar-refractivity contribution < 1.29 is 9.53 Å². The van der Waals surface area contributed by atoms with E-state index in [0.717, 1.165) is 37.6 Å². The minimum atomic E-state index is -0.321. The molecule has 1 amide bonds. The number of anilines is 1. The van der Waals surface area contributed by atoms with Crippen molar-refractivity contribution in [3.05, 3.63) is 31.9 Å². The van der Waals surface area contributed by atoms with Crippen molar-refractivity contribution in [2.24, 2.45) is 7.05 Å². The highest BCUT2D eigenvalue weighted by atomic mass is 32.2. The second-order valence-electron chi connectivity index (χ2n) is 7.68. The van der Waals surface area contributed by atoms with Crippen molar-refractivity contribution in [1.82, 2.24) is 14.4 Å². The fourth-order valence-electron chi connectivity index (χ4n) is 3.80. The third kappa shape index (κ3) is 4.70. The molecule has 0 aromatic carbocycles. The Bertz CT molecular complexity index is 1020. The van der Waals surface area contributed by atoms with E-state index in [1.54, 1.807) is 32.1 Å². The topological polar surface area (TPSA) is 81.8 Å². The predicted molar refractivity (Wildman–Crippen MR) is 127 cm³/mol. The number of rotatable bonds is 6. The van der Waals surface area contributed by atoms with Gasteiger partial charge in [0.05, 0.1) is 4.91 Å². The number of nitrogens with zero attached hydrogens (tertiary/aromatic N) is 5. The van der Waals surface area contributed by atoms with Gasteiger partial charge in [0.2, 0.25) is 0 Å². The zero-order valence-electron chi connectivity index (χ0n) is 18.3. The van der Waals surface area contributed by atoms with E-state index < -0.39 is 0 Å². The Balaban J connectivity index is 2.07. The fourth-order valence-corrected chi connectivity index (χ4v) is 5.09. The standard InChI is InChI=1S/C21H27N5O3S2/c1-14-15(12-17-20(28)26(21(30)31-17)6-5-11-29-4)18(24(3)19(27)16(14)13-22)25-9-7-23(2)8-10-25/h12H,5-11H2,1-4H3/b17-12-. The maximum atomic E-state index is 13.0. The maximum Gasteiger partial charge on any atom is 0.270 e. The zero-order chi connectivity index (χ0) is 22.7. The lowest BCUT2D eigenvalue weighted by atomic mass is 10.0. The van der Waals surface area contributed by atoms with Crippen LogP contribution in [0.15, 0.2) is 9.70 Å². The van der Waals surface area contributed by atoms with E-state index in [0.29, 0.717) is 34.4 Å². The number of nitriles is 1. The summed E-state index contributed by atoms with van der Waals surface area (Å²) in [7, 11) is 5.37. The lowest BCUT2D eigenvalue weighted by Crippen LogP contribution is -2.46. The first-order valence-electron chi connectivity index (χ1n) is 10.1. The highest BCUT2D eigenvalue weighted by Gasteiger charge is 2.33. The predicted octanol–water partition coefficient (Wildman–Crippen LogP) is 1.55. The number of pyridine rings is 1. The number of carbonyl (C=O) groups is 1. The van der Waals surface area contributed by atoms with E-state index >= 15 is 0 Å². The number of hydrogen-bond acceptors (Lipinski definition) is 8. The van der Waals surface area contributed by atoms with Gasteiger partial charge in [-0.05, 0) is 32.0 Å². The summed E-state index contributed by atoms with van der Waals surface area (Å²) in [5.41, 5.74) is 1.09. The van der Waals surface area contributed by atoms with Crippen LogP contribution >= 0.6 is 24.0 Å². The number of hydrogen-bond donors (Lipinski definition) is 0. The van der Waals surface area contributed by atoms with E-state index in [4.69, 9.17) is 17.0 Å². The Kier molecular flexibility index (Phi) is 7.54. The minimum Gasteiger partial charge on any atom is -0.385 e. The van der Waals surface area contributed by atoms with E-state index in [1.165, 1.54) is 16.3 Å². The van der Waals surface area contributed by atoms with Crippen LogP contribution in [0.1, 0.15) is 23.1 Å². The van der Waals surface area contributed by atoms with Gasteiger partial charge in [-0.2, -0.15) is 5.26 Å². The van der Waals surface area contributed by atoms with Crippen molar-refractivity contribution in [2.45, 2.75) is 13.3 Å². The number of carbonyl (C=O) groups excluding carboxylic acids is 1. The molecule has 0 saturated carbocycles. The number of piperazine rings is 1. The van der Waals surface area contributed by atoms with Gasteiger partial charge < -0.3 is 14.5 Å². The summed E-state index contributed by atoms with van der Waals surface area (Å²) in [5.74, 6) is 0.585. The summed E-state index contributed by atoms with van der Waals surface area (Å²) in [6.45, 7) is 6.07. The number of methoxy groups -OCH3 is 1. The first kappa shape index (κ1) is 23.5. The van der Waals surface area contributed by atoms with Crippen LogP contribution in [0.5, 0.6) is 0 Å². The van der Waals surface area contributed by atoms with Crippen LogP contribution in [0.2, 0.25) is 0 Å². The van der Waals surface area contributed by atoms with Crippen LogP contribution < -0.4 is 10.5 Å². The number of thiocarbonyl (C=S) groups is 1. The maximum absolute atomic E-state index is 13.0. The third-order valence-corrected chi connectivity index (χ3v) is 7.03. The van der Waals surface area contributed by atoms with Crippen molar-refractivity contribution in [2.75, 3.05) is 58.4 Å². The van der Waals surface area contributed by atoms with Crippen LogP contribution in [0, 0.1) is 18.3 Å². The second kappa shape index (κ2) is 9.96. The van der Waals surface area contributed by atoms with E-state index in [1.807, 2.05) is 6.07 Å². The average Bonchev–Trinajstić information content (AvgIpc) is 3.01. The summed E-state index contributed by atoms with van der Waals surface area (Å²) in [6, 6.07) is 2.04. The molecule has 3 heterocycles. The van der Waals surface area contributed by atoms with Crippen LogP contribution in [-0.4, -0.2) is 78.1 Å². The zero-order valence-corrected chi connectivity index (χ0v) is 19.9. The van der Waals surface area contributed by atoms with Gasteiger partial charge in [0.25, 0.3) is 11.5 Å². The van der Waals surface area contributed by atoms with Gasteiger partial charge in [-0.25, -0.2) is 0 Å². The fraction of sp³-hybridized carbons (Fsp3) is 0.524. The van der Waals surface area contributed by atoms with Gasteiger partial charge in [-0.15, -0.1) is 0 Å². The molecule has 2 fully saturated rings. The normalized spacial score (nSPS) is 18.9. The molecule has 0 bridgehead atoms. The summed E-state index contributed by atoms with van der Waals surface area (Å²) < 4.78 is 7.12. The van der Waals surface area contributed by atoms with Gasteiger partial charge in [-0.1, -0.05) is 24.0 Å². The molecule has 2 aliphatic rings. The number of ether oxygens (including phenoxy) is 1. The van der Waals surface area contributed by atoms with Crippen molar-refractivity contribution in [3.8, 4) is 6.07 Å². The second-order valence-corrected chi connectivity index (χ2v) is 9.36. The molecule has 166 valence electrons. The third-order valence-electron chi connectivity index (χ3n) is 5.65. The van der Waals surface area contributed by atoms with E-state index in [-0.39, 0.29) is 17.0 Å². The quantitative estimate of drug-likeness (QED) is 0.359. The number of amides is 1. The van der Waals surface area contributed by atoms with Crippen molar-refractivity contribution in [1.29, 1.82) is 5.26 Å². The Morgan fingerprint density at radius 2 is 1.90 bits per heavy atom. The van der Waals surface area contributed by atoms with Crippen molar-refractivity contribution >= 4 is 46.1 Å². The summed E-state index contributed by atoms with van der Waals surface area (Å²) in [6.07, 6.45) is 2.49. The summed E-state index contributed by atoms with van der Waals surface area (Å²) >= 11 is 6.68. The molecule has 0 atom stereocenters. The lowest BCUT2D eigenvalue weighted by molar-refractivity contribution is -0.122. The van der Waals surface area contributed by atoms with Gasteiger partial charge >= 0.3 is 0 Å². The average molecular weight is 462 g/mol. The number of likely N-dealkylation sites (N-methyl/N-ethyl adjacent to an activating group) is 1. The molecular weight excluding hydrogens is 434 g/mol. The first-order valence-corrected chi connectivity index (χ1v) is 11.3. The Morgan fingerprint density at radius 1 is 1.23 bits per heavy atom. The SMILES string of the molecule is COCCCN1C(=O)/C(=C/c2c(C)c(C#N)c(=O)n(C)c2N2CCN(C)CC2)SC1=S. The molecule has 1 aromatic heterocycles. The van der Waals surface area contributed by atoms with Gasteiger partial charge in [0, 0.05) is 59.1 Å². The van der Waals surface area contributed by atoms with Crippen LogP contribution in [0.25, 0.3) is 6.08 Å². The molecule has 0 radical (unpaired) electrons. The monoisotopic (exact) mass is 461 g/mol. The Labute approximate surface area is 192 Å². The molecule has 31 heavy (non-hydrogen) atoms. The van der Waals surface area contributed by atoms with Crippen LogP contribution in [0.4, 0.5) is 5.82 Å². The molecular formula is C21H27N5O3S2. The van der Waals surface area contributed by atoms with Gasteiger partial charge in [-0.3, -0.25) is 19.1 Å². The van der Waals surface area contributed by atoms with Gasteiger partial charge in [0.15, 0.2) is 0 Å². The smallest absolute Gasteiger partial charge is 0.270 e. The summed E-state index contributed by atoms with van der Waals surface area (Å²) in [4.78, 5) is 32.3. The van der Waals surface area contributed by atoms with E-state index in [9.17, 15) is 14.9 Å². The van der Waals surface area contributed by atoms with Crippen LogP contribution in [-0.2, 0) is 16.6 Å². The molecule has 2 aliphatic heterocycles. The molecule has 10 heteroatoms. The number of aromatic nitrogens is 1. The Morgan fingerprint density at radius 3 is 2.52 bits per heavy atom. The molecule has 0 unspecified atom stereocenters. The molecule has 8 nitrogen and oxygen atoms in total. The number of thioether (sulfide) groups is 1. The highest BCUT2D eigenvalue weighted by molar-refractivity contribution is 8.26.